The molecule has 17 heavy (non-hydrogen) atoms. The summed E-state index contributed by atoms with van der Waals surface area (Å²) in [5.41, 5.74) is 0.606. The molecule has 0 aliphatic heterocycles. The van der Waals surface area contributed by atoms with Crippen molar-refractivity contribution in [2.24, 2.45) is 0 Å². The van der Waals surface area contributed by atoms with E-state index in [0.29, 0.717) is 24.8 Å². The van der Waals surface area contributed by atoms with E-state index in [-0.39, 0.29) is 11.6 Å². The molecule has 0 fully saturated rings. The van der Waals surface area contributed by atoms with Crippen LogP contribution in [0.25, 0.3) is 0 Å². The average Bonchev–Trinajstić information content (AvgIpc) is 2.28. The van der Waals surface area contributed by atoms with Crippen LogP contribution in [0.3, 0.4) is 0 Å². The van der Waals surface area contributed by atoms with Crippen molar-refractivity contribution in [3.8, 4) is 5.75 Å². The van der Waals surface area contributed by atoms with Crippen LogP contribution in [-0.4, -0.2) is 36.3 Å². The Bertz CT molecular complexity index is 355. The van der Waals surface area contributed by atoms with Gasteiger partial charge in [0.2, 0.25) is 0 Å². The number of benzene rings is 1. The number of ether oxygens (including phenoxy) is 1. The third kappa shape index (κ3) is 4.32. The summed E-state index contributed by atoms with van der Waals surface area (Å²) in [5.74, 6) is -0.192. The van der Waals surface area contributed by atoms with Crippen molar-refractivity contribution in [1.29, 1.82) is 0 Å². The van der Waals surface area contributed by atoms with Gasteiger partial charge in [0.15, 0.2) is 0 Å². The van der Waals surface area contributed by atoms with Crippen molar-refractivity contribution in [3.63, 3.8) is 0 Å². The molecule has 0 aromatic heterocycles. The van der Waals surface area contributed by atoms with Crippen molar-refractivity contribution in [2.45, 2.75) is 26.4 Å². The number of phenolic OH excluding ortho intramolecular Hbond substituents is 1. The van der Waals surface area contributed by atoms with Crippen LogP contribution in [0, 0.1) is 5.82 Å². The van der Waals surface area contributed by atoms with Crippen LogP contribution < -0.4 is 0 Å². The molecule has 0 heterocycles. The highest BCUT2D eigenvalue weighted by Gasteiger charge is 2.12. The topological polar surface area (TPSA) is 32.7 Å². The number of nitrogens with zero attached hydrogens (tertiary/aromatic N) is 1. The predicted molar refractivity (Wildman–Crippen MR) is 65.5 cm³/mol. The first kappa shape index (κ1) is 13.9. The van der Waals surface area contributed by atoms with E-state index in [0.717, 1.165) is 6.54 Å². The van der Waals surface area contributed by atoms with Gasteiger partial charge in [-0.3, -0.25) is 4.90 Å². The Balaban J connectivity index is 2.74. The molecule has 3 nitrogen and oxygen atoms in total. The largest absolute Gasteiger partial charge is 0.508 e. The number of methoxy groups -OCH3 is 1. The predicted octanol–water partition coefficient (Wildman–Crippen LogP) is 2.39. The van der Waals surface area contributed by atoms with Crippen LogP contribution >= 0.6 is 0 Å². The van der Waals surface area contributed by atoms with E-state index in [1.807, 2.05) is 0 Å². The minimum Gasteiger partial charge on any atom is -0.508 e. The van der Waals surface area contributed by atoms with Crippen LogP contribution in [-0.2, 0) is 11.3 Å². The van der Waals surface area contributed by atoms with Crippen molar-refractivity contribution < 1.29 is 14.2 Å². The van der Waals surface area contributed by atoms with Crippen LogP contribution in [0.4, 0.5) is 4.39 Å². The Morgan fingerprint density at radius 2 is 2.12 bits per heavy atom. The summed E-state index contributed by atoms with van der Waals surface area (Å²) in [6.45, 7) is 6.01. The Kier molecular flexibility index (Phi) is 5.38. The summed E-state index contributed by atoms with van der Waals surface area (Å²) < 4.78 is 18.1. The molecule has 0 saturated carbocycles. The van der Waals surface area contributed by atoms with E-state index in [2.05, 4.69) is 18.7 Å². The summed E-state index contributed by atoms with van der Waals surface area (Å²) in [4.78, 5) is 2.12. The van der Waals surface area contributed by atoms with Crippen LogP contribution in [0.1, 0.15) is 19.4 Å². The van der Waals surface area contributed by atoms with E-state index in [1.54, 1.807) is 7.11 Å². The number of phenols is 1. The number of hydrogen-bond donors (Lipinski definition) is 1. The molecule has 0 amide bonds. The van der Waals surface area contributed by atoms with Gasteiger partial charge in [0.25, 0.3) is 0 Å². The van der Waals surface area contributed by atoms with Gasteiger partial charge in [0.1, 0.15) is 11.6 Å². The number of aromatic hydroxyl groups is 1. The summed E-state index contributed by atoms with van der Waals surface area (Å²) in [7, 11) is 1.65. The maximum Gasteiger partial charge on any atom is 0.123 e. The molecule has 1 aromatic rings. The summed E-state index contributed by atoms with van der Waals surface area (Å²) in [5, 5.41) is 9.67. The molecule has 1 aromatic carbocycles. The molecule has 1 rings (SSSR count). The third-order valence-corrected chi connectivity index (χ3v) is 2.73. The van der Waals surface area contributed by atoms with Gasteiger partial charge in [0, 0.05) is 31.8 Å². The van der Waals surface area contributed by atoms with Gasteiger partial charge in [-0.1, -0.05) is 0 Å². The quantitative estimate of drug-likeness (QED) is 0.830. The fourth-order valence-electron chi connectivity index (χ4n) is 1.63. The summed E-state index contributed by atoms with van der Waals surface area (Å²) in [6, 6.07) is 4.33. The van der Waals surface area contributed by atoms with Gasteiger partial charge in [-0.25, -0.2) is 4.39 Å². The zero-order valence-electron chi connectivity index (χ0n) is 10.6. The van der Waals surface area contributed by atoms with Gasteiger partial charge in [-0.2, -0.15) is 0 Å². The molecule has 0 saturated heterocycles. The van der Waals surface area contributed by atoms with Gasteiger partial charge in [-0.05, 0) is 32.0 Å². The molecule has 0 bridgehead atoms. The molecule has 0 spiro atoms. The smallest absolute Gasteiger partial charge is 0.123 e. The van der Waals surface area contributed by atoms with E-state index >= 15 is 0 Å². The molecule has 0 unspecified atom stereocenters. The van der Waals surface area contributed by atoms with Crippen LogP contribution in [0.5, 0.6) is 5.75 Å². The monoisotopic (exact) mass is 241 g/mol. The molecule has 0 aliphatic rings. The maximum absolute atomic E-state index is 13.1. The minimum absolute atomic E-state index is 0.134. The molecule has 0 aliphatic carbocycles. The zero-order valence-corrected chi connectivity index (χ0v) is 10.6. The minimum atomic E-state index is -0.326. The Morgan fingerprint density at radius 1 is 1.41 bits per heavy atom. The van der Waals surface area contributed by atoms with E-state index in [1.165, 1.54) is 18.2 Å². The lowest BCUT2D eigenvalue weighted by Gasteiger charge is -2.26. The third-order valence-electron chi connectivity index (χ3n) is 2.73. The second-order valence-corrected chi connectivity index (χ2v) is 4.33. The highest BCUT2D eigenvalue weighted by Crippen LogP contribution is 2.20. The second-order valence-electron chi connectivity index (χ2n) is 4.33. The van der Waals surface area contributed by atoms with E-state index < -0.39 is 0 Å². The van der Waals surface area contributed by atoms with Crippen molar-refractivity contribution in [2.75, 3.05) is 20.3 Å². The Morgan fingerprint density at radius 3 is 2.71 bits per heavy atom. The molecule has 0 radical (unpaired) electrons. The normalized spacial score (nSPS) is 11.4. The first-order valence-electron chi connectivity index (χ1n) is 5.75. The molecular formula is C13H20FNO2. The molecule has 0 atom stereocenters. The zero-order chi connectivity index (χ0) is 12.8. The molecule has 1 N–H and O–H groups in total. The summed E-state index contributed by atoms with van der Waals surface area (Å²) in [6.07, 6.45) is 0. The number of rotatable bonds is 6. The fourth-order valence-corrected chi connectivity index (χ4v) is 1.63. The Labute approximate surface area is 102 Å². The lowest BCUT2D eigenvalue weighted by molar-refractivity contribution is 0.124. The van der Waals surface area contributed by atoms with E-state index in [9.17, 15) is 9.50 Å². The lowest BCUT2D eigenvalue weighted by atomic mass is 10.1. The molecular weight excluding hydrogens is 221 g/mol. The SMILES string of the molecule is COCCN(Cc1cc(F)ccc1O)C(C)C. The van der Waals surface area contributed by atoms with Gasteiger partial charge < -0.3 is 9.84 Å². The second kappa shape index (κ2) is 6.57. The van der Waals surface area contributed by atoms with Gasteiger partial charge >= 0.3 is 0 Å². The van der Waals surface area contributed by atoms with Gasteiger partial charge in [0.05, 0.1) is 6.61 Å². The number of halogens is 1. The van der Waals surface area contributed by atoms with Crippen molar-refractivity contribution >= 4 is 0 Å². The van der Waals surface area contributed by atoms with Gasteiger partial charge in [-0.15, -0.1) is 0 Å². The maximum atomic E-state index is 13.1. The highest BCUT2D eigenvalue weighted by molar-refractivity contribution is 5.32. The number of hydrogen-bond acceptors (Lipinski definition) is 3. The first-order valence-corrected chi connectivity index (χ1v) is 5.75. The average molecular weight is 241 g/mol. The standard InChI is InChI=1S/C13H20FNO2/c1-10(2)15(6-7-17-3)9-11-8-12(14)4-5-13(11)16/h4-5,8,10,16H,6-7,9H2,1-3H3. The first-order chi connectivity index (χ1) is 8.04. The molecule has 4 heteroatoms. The summed E-state index contributed by atoms with van der Waals surface area (Å²) >= 11 is 0. The highest BCUT2D eigenvalue weighted by atomic mass is 19.1. The molecule has 96 valence electrons. The van der Waals surface area contributed by atoms with Crippen LogP contribution in [0.2, 0.25) is 0 Å². The van der Waals surface area contributed by atoms with Crippen LogP contribution in [0.15, 0.2) is 18.2 Å². The lowest BCUT2D eigenvalue weighted by Crippen LogP contribution is -2.33. The van der Waals surface area contributed by atoms with E-state index in [4.69, 9.17) is 4.74 Å². The fraction of sp³-hybridized carbons (Fsp3) is 0.538. The van der Waals surface area contributed by atoms with Crippen molar-refractivity contribution in [1.82, 2.24) is 4.90 Å². The Hall–Kier alpha value is -1.13. The van der Waals surface area contributed by atoms with Crippen molar-refractivity contribution in [3.05, 3.63) is 29.6 Å².